The van der Waals surface area contributed by atoms with Gasteiger partial charge < -0.3 is 0 Å². The van der Waals surface area contributed by atoms with Crippen LogP contribution in [0.15, 0.2) is 24.3 Å². The van der Waals surface area contributed by atoms with Crippen LogP contribution in [-0.4, -0.2) is 4.98 Å². The second-order valence-corrected chi connectivity index (χ2v) is 6.44. The number of aromatic nitrogens is 1. The maximum absolute atomic E-state index is 9.45. The Kier molecular flexibility index (Phi) is 4.17. The zero-order valence-corrected chi connectivity index (χ0v) is 13.0. The van der Waals surface area contributed by atoms with E-state index in [1.807, 2.05) is 6.08 Å². The average molecular weight is 294 g/mol. The lowest BCUT2D eigenvalue weighted by atomic mass is 10.0. The van der Waals surface area contributed by atoms with Gasteiger partial charge in [-0.25, -0.2) is 4.98 Å². The molecule has 2 nitrogen and oxygen atoms in total. The first kappa shape index (κ1) is 14.0. The molecule has 3 rings (SSSR count). The molecular weight excluding hydrogens is 276 g/mol. The second-order valence-electron chi connectivity index (χ2n) is 5.36. The van der Waals surface area contributed by atoms with Crippen LogP contribution in [0.5, 0.6) is 0 Å². The third kappa shape index (κ3) is 3.06. The van der Waals surface area contributed by atoms with Crippen molar-refractivity contribution in [2.45, 2.75) is 39.0 Å². The Bertz CT molecular complexity index is 678. The van der Waals surface area contributed by atoms with Crippen LogP contribution in [-0.2, 0) is 19.3 Å². The zero-order chi connectivity index (χ0) is 14.7. The van der Waals surface area contributed by atoms with Gasteiger partial charge in [-0.1, -0.05) is 31.2 Å². The van der Waals surface area contributed by atoms with Crippen LogP contribution in [0.1, 0.15) is 46.5 Å². The highest BCUT2D eigenvalue weighted by atomic mass is 32.1. The van der Waals surface area contributed by atoms with Gasteiger partial charge in [0.15, 0.2) is 0 Å². The molecule has 1 aromatic heterocycles. The summed E-state index contributed by atoms with van der Waals surface area (Å²) in [6, 6.07) is 10.7. The summed E-state index contributed by atoms with van der Waals surface area (Å²) in [4.78, 5) is 6.05. The fraction of sp³-hybridized carbons (Fsp3) is 0.333. The van der Waals surface area contributed by atoms with Gasteiger partial charge in [0.25, 0.3) is 0 Å². The van der Waals surface area contributed by atoms with Crippen molar-refractivity contribution in [3.8, 4) is 6.07 Å². The summed E-state index contributed by atoms with van der Waals surface area (Å²) in [5, 5.41) is 10.3. The van der Waals surface area contributed by atoms with Crippen molar-refractivity contribution in [2.75, 3.05) is 0 Å². The Balaban J connectivity index is 1.91. The van der Waals surface area contributed by atoms with Gasteiger partial charge in [0, 0.05) is 4.88 Å². The molecule has 0 amide bonds. The summed E-state index contributed by atoms with van der Waals surface area (Å²) in [6.07, 6.45) is 7.64. The summed E-state index contributed by atoms with van der Waals surface area (Å²) >= 11 is 1.69. The summed E-state index contributed by atoms with van der Waals surface area (Å²) in [5.74, 6) is 0. The van der Waals surface area contributed by atoms with Crippen molar-refractivity contribution in [2.24, 2.45) is 0 Å². The van der Waals surface area contributed by atoms with E-state index < -0.39 is 0 Å². The van der Waals surface area contributed by atoms with Crippen LogP contribution in [0.25, 0.3) is 11.6 Å². The number of rotatable bonds is 3. The molecule has 2 aromatic rings. The molecule has 0 fully saturated rings. The van der Waals surface area contributed by atoms with Gasteiger partial charge in [-0.2, -0.15) is 5.26 Å². The van der Waals surface area contributed by atoms with Crippen LogP contribution in [0.3, 0.4) is 0 Å². The van der Waals surface area contributed by atoms with E-state index in [4.69, 9.17) is 0 Å². The Hall–Kier alpha value is -1.92. The molecule has 0 bridgehead atoms. The average Bonchev–Trinajstić information content (AvgIpc) is 2.97. The quantitative estimate of drug-likeness (QED) is 0.773. The smallest absolute Gasteiger partial charge is 0.134 e. The third-order valence-electron chi connectivity index (χ3n) is 3.90. The molecule has 0 spiro atoms. The fourth-order valence-electron chi connectivity index (χ4n) is 2.63. The topological polar surface area (TPSA) is 36.7 Å². The van der Waals surface area contributed by atoms with Gasteiger partial charge in [0.1, 0.15) is 11.1 Å². The van der Waals surface area contributed by atoms with Crippen LogP contribution < -0.4 is 0 Å². The molecular formula is C18H18N2S. The molecule has 0 unspecified atom stereocenters. The molecule has 1 aliphatic rings. The standard InChI is InChI=1S/C18H18N2S/c1-2-13-7-9-14(10-8-13)11-15(12-19)18-20-16-5-3-4-6-17(16)21-18/h7-11H,2-6H2,1H3/b15-11+. The normalized spacial score (nSPS) is 14.6. The summed E-state index contributed by atoms with van der Waals surface area (Å²) in [5.41, 5.74) is 4.27. The van der Waals surface area contributed by atoms with Gasteiger partial charge in [-0.15, -0.1) is 11.3 Å². The van der Waals surface area contributed by atoms with E-state index in [1.165, 1.54) is 29.0 Å². The molecule has 1 aliphatic carbocycles. The molecule has 0 N–H and O–H groups in total. The van der Waals surface area contributed by atoms with Gasteiger partial charge >= 0.3 is 0 Å². The first-order chi connectivity index (χ1) is 10.3. The second kappa shape index (κ2) is 6.24. The molecule has 106 valence electrons. The van der Waals surface area contributed by atoms with Crippen molar-refractivity contribution in [1.82, 2.24) is 4.98 Å². The van der Waals surface area contributed by atoms with Gasteiger partial charge in [-0.05, 0) is 49.3 Å². The van der Waals surface area contributed by atoms with Gasteiger partial charge in [-0.3, -0.25) is 0 Å². The molecule has 0 saturated carbocycles. The summed E-state index contributed by atoms with van der Waals surface area (Å²) in [6.45, 7) is 2.14. The van der Waals surface area contributed by atoms with Crippen molar-refractivity contribution in [1.29, 1.82) is 5.26 Å². The number of nitriles is 1. The minimum atomic E-state index is 0.679. The highest BCUT2D eigenvalue weighted by Crippen LogP contribution is 2.30. The lowest BCUT2D eigenvalue weighted by molar-refractivity contribution is 0.682. The minimum absolute atomic E-state index is 0.679. The van der Waals surface area contributed by atoms with E-state index in [9.17, 15) is 5.26 Å². The number of aryl methyl sites for hydroxylation is 3. The van der Waals surface area contributed by atoms with Crippen LogP contribution in [0.4, 0.5) is 0 Å². The van der Waals surface area contributed by atoms with E-state index in [0.29, 0.717) is 5.57 Å². The molecule has 3 heteroatoms. The van der Waals surface area contributed by atoms with E-state index >= 15 is 0 Å². The number of fused-ring (bicyclic) bond motifs is 1. The number of thiazole rings is 1. The number of nitrogens with zero attached hydrogens (tertiary/aromatic N) is 2. The largest absolute Gasteiger partial charge is 0.240 e. The molecule has 0 atom stereocenters. The monoisotopic (exact) mass is 294 g/mol. The first-order valence-electron chi connectivity index (χ1n) is 7.50. The van der Waals surface area contributed by atoms with Gasteiger partial charge in [0.2, 0.25) is 0 Å². The number of hydrogen-bond acceptors (Lipinski definition) is 3. The van der Waals surface area contributed by atoms with Crippen LogP contribution >= 0.6 is 11.3 Å². The molecule has 1 heterocycles. The van der Waals surface area contributed by atoms with Gasteiger partial charge in [0.05, 0.1) is 11.3 Å². The highest BCUT2D eigenvalue weighted by molar-refractivity contribution is 7.13. The lowest BCUT2D eigenvalue weighted by Crippen LogP contribution is -1.99. The Morgan fingerprint density at radius 1 is 1.29 bits per heavy atom. The minimum Gasteiger partial charge on any atom is -0.240 e. The predicted octanol–water partition coefficient (Wildman–Crippen LogP) is 4.65. The van der Waals surface area contributed by atoms with Crippen LogP contribution in [0.2, 0.25) is 0 Å². The number of benzene rings is 1. The Labute approximate surface area is 129 Å². The molecule has 0 radical (unpaired) electrons. The van der Waals surface area contributed by atoms with E-state index in [0.717, 1.165) is 29.8 Å². The van der Waals surface area contributed by atoms with Crippen molar-refractivity contribution >= 4 is 23.0 Å². The van der Waals surface area contributed by atoms with Crippen LogP contribution in [0, 0.1) is 11.3 Å². The third-order valence-corrected chi connectivity index (χ3v) is 5.09. The van der Waals surface area contributed by atoms with E-state index in [-0.39, 0.29) is 0 Å². The van der Waals surface area contributed by atoms with Crippen molar-refractivity contribution < 1.29 is 0 Å². The Morgan fingerprint density at radius 2 is 2.05 bits per heavy atom. The number of hydrogen-bond donors (Lipinski definition) is 0. The molecule has 0 aliphatic heterocycles. The maximum atomic E-state index is 9.45. The molecule has 0 saturated heterocycles. The van der Waals surface area contributed by atoms with E-state index in [1.54, 1.807) is 11.3 Å². The zero-order valence-electron chi connectivity index (χ0n) is 12.2. The number of allylic oxidation sites excluding steroid dienone is 1. The SMILES string of the molecule is CCc1ccc(/C=C(\C#N)c2nc3c(s2)CCCC3)cc1. The fourth-order valence-corrected chi connectivity index (χ4v) is 3.74. The van der Waals surface area contributed by atoms with Crippen molar-refractivity contribution in [3.63, 3.8) is 0 Å². The van der Waals surface area contributed by atoms with Crippen molar-refractivity contribution in [3.05, 3.63) is 51.0 Å². The Morgan fingerprint density at radius 3 is 2.71 bits per heavy atom. The predicted molar refractivity (Wildman–Crippen MR) is 88.1 cm³/mol. The van der Waals surface area contributed by atoms with E-state index in [2.05, 4.69) is 42.2 Å². The first-order valence-corrected chi connectivity index (χ1v) is 8.31. The summed E-state index contributed by atoms with van der Waals surface area (Å²) in [7, 11) is 0. The lowest BCUT2D eigenvalue weighted by Gasteiger charge is -2.06. The highest BCUT2D eigenvalue weighted by Gasteiger charge is 2.17. The summed E-state index contributed by atoms with van der Waals surface area (Å²) < 4.78 is 0. The molecule has 21 heavy (non-hydrogen) atoms. The molecule has 1 aromatic carbocycles. The maximum Gasteiger partial charge on any atom is 0.134 e.